The maximum absolute atomic E-state index is 10.7. The van der Waals surface area contributed by atoms with Gasteiger partial charge in [-0.05, 0) is 31.6 Å². The van der Waals surface area contributed by atoms with E-state index < -0.39 is 19.1 Å². The van der Waals surface area contributed by atoms with E-state index in [9.17, 15) is 4.79 Å². The summed E-state index contributed by atoms with van der Waals surface area (Å²) in [7, 11) is -1.27. The fourth-order valence-electron chi connectivity index (χ4n) is 1.92. The van der Waals surface area contributed by atoms with Crippen molar-refractivity contribution in [2.75, 3.05) is 6.54 Å². The molecule has 0 aromatic heterocycles. The van der Waals surface area contributed by atoms with Gasteiger partial charge in [-0.3, -0.25) is 4.79 Å². The second-order valence-corrected chi connectivity index (χ2v) is 3.73. The first-order valence-electron chi connectivity index (χ1n) is 4.93. The van der Waals surface area contributed by atoms with Gasteiger partial charge in [-0.25, -0.2) is 0 Å². The Hall–Kier alpha value is -0.585. The van der Waals surface area contributed by atoms with Gasteiger partial charge in [-0.15, -0.1) is 0 Å². The molecule has 6 heteroatoms. The number of hydrogen-bond donors (Lipinski definition) is 4. The molecule has 5 nitrogen and oxygen atoms in total. The highest BCUT2D eigenvalue weighted by molar-refractivity contribution is 6.40. The van der Waals surface area contributed by atoms with Crippen LogP contribution >= 0.6 is 0 Å². The van der Waals surface area contributed by atoms with Crippen molar-refractivity contribution in [2.45, 2.75) is 31.6 Å². The van der Waals surface area contributed by atoms with E-state index in [0.717, 1.165) is 19.4 Å². The first-order chi connectivity index (χ1) is 6.61. The van der Waals surface area contributed by atoms with Crippen molar-refractivity contribution in [3.05, 3.63) is 0 Å². The monoisotopic (exact) mass is 201 g/mol. The maximum atomic E-state index is 10.7. The normalized spacial score (nSPS) is 26.4. The molecule has 0 aromatic carbocycles. The third kappa shape index (κ3) is 3.28. The molecule has 1 rings (SSSR count). The topological polar surface area (TPSA) is 89.8 Å². The zero-order valence-electron chi connectivity index (χ0n) is 8.02. The van der Waals surface area contributed by atoms with Crippen LogP contribution in [0.15, 0.2) is 0 Å². The van der Waals surface area contributed by atoms with Crippen molar-refractivity contribution >= 4 is 13.1 Å². The first-order valence-corrected chi connectivity index (χ1v) is 4.93. The molecule has 1 saturated heterocycles. The fourth-order valence-corrected chi connectivity index (χ4v) is 1.92. The Kier molecular flexibility index (Phi) is 4.38. The molecule has 2 atom stereocenters. The van der Waals surface area contributed by atoms with Crippen LogP contribution in [0.25, 0.3) is 0 Å². The van der Waals surface area contributed by atoms with Gasteiger partial charge in [0.05, 0.1) is 0 Å². The molecule has 0 radical (unpaired) electrons. The summed E-state index contributed by atoms with van der Waals surface area (Å²) in [6, 6.07) is -0.453. The minimum atomic E-state index is -1.27. The molecule has 0 saturated carbocycles. The van der Waals surface area contributed by atoms with E-state index in [1.54, 1.807) is 0 Å². The second kappa shape index (κ2) is 5.33. The number of carboxylic acid groups (broad SMARTS) is 1. The van der Waals surface area contributed by atoms with E-state index in [2.05, 4.69) is 5.32 Å². The Balaban J connectivity index is 2.26. The van der Waals surface area contributed by atoms with Crippen LogP contribution in [0.2, 0.25) is 6.32 Å². The first kappa shape index (κ1) is 11.5. The van der Waals surface area contributed by atoms with Crippen LogP contribution in [0.3, 0.4) is 0 Å². The third-order valence-electron chi connectivity index (χ3n) is 2.65. The maximum Gasteiger partial charge on any atom is 0.451 e. The minimum Gasteiger partial charge on any atom is -0.480 e. The molecule has 0 spiro atoms. The summed E-state index contributed by atoms with van der Waals surface area (Å²) in [6.45, 7) is 0.739. The SMILES string of the molecule is O=C(O)[C@H]1NCCC1CCCB(O)O. The van der Waals surface area contributed by atoms with Crippen LogP contribution in [-0.4, -0.2) is 40.8 Å². The van der Waals surface area contributed by atoms with Crippen LogP contribution in [-0.2, 0) is 4.79 Å². The Morgan fingerprint density at radius 2 is 2.21 bits per heavy atom. The van der Waals surface area contributed by atoms with Crippen molar-refractivity contribution in [1.29, 1.82) is 0 Å². The predicted molar refractivity (Wildman–Crippen MR) is 51.8 cm³/mol. The van der Waals surface area contributed by atoms with Crippen LogP contribution in [0.4, 0.5) is 0 Å². The average Bonchev–Trinajstić information content (AvgIpc) is 2.51. The number of hydrogen-bond acceptors (Lipinski definition) is 4. The standard InChI is InChI=1S/C8H16BNO4/c11-8(12)7-6(3-5-10-7)2-1-4-9(13)14/h6-7,10,13-14H,1-5H2,(H,11,12)/t6?,7-/m0/s1. The van der Waals surface area contributed by atoms with Gasteiger partial charge in [0, 0.05) is 0 Å². The van der Waals surface area contributed by atoms with Gasteiger partial charge < -0.3 is 20.5 Å². The van der Waals surface area contributed by atoms with Gasteiger partial charge >= 0.3 is 13.1 Å². The third-order valence-corrected chi connectivity index (χ3v) is 2.65. The van der Waals surface area contributed by atoms with Crippen LogP contribution in [0.5, 0.6) is 0 Å². The van der Waals surface area contributed by atoms with E-state index in [1.165, 1.54) is 0 Å². The molecule has 1 aliphatic heterocycles. The van der Waals surface area contributed by atoms with Crippen molar-refractivity contribution in [3.8, 4) is 0 Å². The largest absolute Gasteiger partial charge is 0.480 e. The Morgan fingerprint density at radius 3 is 2.79 bits per heavy atom. The highest BCUT2D eigenvalue weighted by atomic mass is 16.4. The smallest absolute Gasteiger partial charge is 0.451 e. The minimum absolute atomic E-state index is 0.131. The number of nitrogens with one attached hydrogen (secondary N) is 1. The zero-order valence-corrected chi connectivity index (χ0v) is 8.02. The van der Waals surface area contributed by atoms with Crippen molar-refractivity contribution in [1.82, 2.24) is 5.32 Å². The molecule has 1 unspecified atom stereocenters. The van der Waals surface area contributed by atoms with Gasteiger partial charge in [-0.1, -0.05) is 6.42 Å². The van der Waals surface area contributed by atoms with E-state index in [1.807, 2.05) is 0 Å². The lowest BCUT2D eigenvalue weighted by atomic mass is 9.81. The van der Waals surface area contributed by atoms with Crippen molar-refractivity contribution in [2.24, 2.45) is 5.92 Å². The molecule has 80 valence electrons. The lowest BCUT2D eigenvalue weighted by Gasteiger charge is -2.14. The van der Waals surface area contributed by atoms with Gasteiger partial charge in [0.25, 0.3) is 0 Å². The molecular formula is C8H16BNO4. The van der Waals surface area contributed by atoms with Crippen LogP contribution < -0.4 is 5.32 Å². The molecule has 0 bridgehead atoms. The van der Waals surface area contributed by atoms with Crippen LogP contribution in [0.1, 0.15) is 19.3 Å². The predicted octanol–water partition coefficient (Wildman–Crippen LogP) is -0.698. The van der Waals surface area contributed by atoms with E-state index >= 15 is 0 Å². The van der Waals surface area contributed by atoms with E-state index in [4.69, 9.17) is 15.2 Å². The van der Waals surface area contributed by atoms with Gasteiger partial charge in [-0.2, -0.15) is 0 Å². The molecule has 14 heavy (non-hydrogen) atoms. The van der Waals surface area contributed by atoms with Gasteiger partial charge in [0.1, 0.15) is 6.04 Å². The summed E-state index contributed by atoms with van der Waals surface area (Å²) in [4.78, 5) is 10.7. The summed E-state index contributed by atoms with van der Waals surface area (Å²) < 4.78 is 0. The van der Waals surface area contributed by atoms with Crippen LogP contribution in [0, 0.1) is 5.92 Å². The lowest BCUT2D eigenvalue weighted by Crippen LogP contribution is -2.35. The molecule has 1 heterocycles. The van der Waals surface area contributed by atoms with E-state index in [0.29, 0.717) is 12.7 Å². The average molecular weight is 201 g/mol. The second-order valence-electron chi connectivity index (χ2n) is 3.73. The number of rotatable bonds is 5. The highest BCUT2D eigenvalue weighted by Crippen LogP contribution is 2.22. The summed E-state index contributed by atoms with van der Waals surface area (Å²) in [5.74, 6) is -0.678. The van der Waals surface area contributed by atoms with Gasteiger partial charge in [0.2, 0.25) is 0 Å². The van der Waals surface area contributed by atoms with Gasteiger partial charge in [0.15, 0.2) is 0 Å². The van der Waals surface area contributed by atoms with E-state index in [-0.39, 0.29) is 5.92 Å². The fraction of sp³-hybridized carbons (Fsp3) is 0.875. The molecule has 0 amide bonds. The highest BCUT2D eigenvalue weighted by Gasteiger charge is 2.31. The zero-order chi connectivity index (χ0) is 10.6. The summed E-state index contributed by atoms with van der Waals surface area (Å²) >= 11 is 0. The Labute approximate surface area is 83.3 Å². The molecule has 0 aliphatic carbocycles. The number of aliphatic carboxylic acids is 1. The molecule has 1 fully saturated rings. The quantitative estimate of drug-likeness (QED) is 0.441. The Morgan fingerprint density at radius 1 is 1.50 bits per heavy atom. The number of carbonyl (C=O) groups is 1. The molecule has 1 aliphatic rings. The molecular weight excluding hydrogens is 185 g/mol. The Bertz CT molecular complexity index is 200. The summed E-state index contributed by atoms with van der Waals surface area (Å²) in [5.41, 5.74) is 0. The molecule has 4 N–H and O–H groups in total. The molecule has 0 aromatic rings. The van der Waals surface area contributed by atoms with Crippen molar-refractivity contribution < 1.29 is 19.9 Å². The van der Waals surface area contributed by atoms with Crippen molar-refractivity contribution in [3.63, 3.8) is 0 Å². The summed E-state index contributed by atoms with van der Waals surface area (Å²) in [5, 5.41) is 29.0. The summed E-state index contributed by atoms with van der Waals surface area (Å²) in [6.07, 6.45) is 2.58. The number of carboxylic acids is 1. The lowest BCUT2D eigenvalue weighted by molar-refractivity contribution is -0.140.